The zero-order chi connectivity index (χ0) is 14.5. The van der Waals surface area contributed by atoms with Crippen molar-refractivity contribution in [3.05, 3.63) is 20.2 Å². The summed E-state index contributed by atoms with van der Waals surface area (Å²) in [6, 6.07) is 0. The van der Waals surface area contributed by atoms with E-state index in [0.29, 0.717) is 18.8 Å². The quantitative estimate of drug-likeness (QED) is 0.813. The summed E-state index contributed by atoms with van der Waals surface area (Å²) in [7, 11) is 0. The lowest BCUT2D eigenvalue weighted by molar-refractivity contribution is 0.0516. The maximum Gasteiger partial charge on any atom is 0.356 e. The van der Waals surface area contributed by atoms with Crippen molar-refractivity contribution < 1.29 is 9.53 Å². The number of H-pyrrole nitrogens is 1. The number of piperazine rings is 1. The number of ether oxygens (including phenoxy) is 1. The molecule has 7 heteroatoms. The van der Waals surface area contributed by atoms with Crippen molar-refractivity contribution in [2.75, 3.05) is 39.3 Å². The lowest BCUT2D eigenvalue weighted by Gasteiger charge is -2.33. The normalized spacial score (nSPS) is 17.3. The van der Waals surface area contributed by atoms with Crippen LogP contribution >= 0.6 is 11.3 Å². The molecule has 1 fully saturated rings. The third-order valence-electron chi connectivity index (χ3n) is 3.48. The molecule has 1 aliphatic heterocycles. The Balaban J connectivity index is 2.02. The molecule has 6 nitrogen and oxygen atoms in total. The highest BCUT2D eigenvalue weighted by atomic mass is 32.1. The van der Waals surface area contributed by atoms with Crippen molar-refractivity contribution in [1.82, 2.24) is 14.8 Å². The van der Waals surface area contributed by atoms with Gasteiger partial charge in [-0.2, -0.15) is 0 Å². The number of nitrogens with one attached hydrogen (secondary N) is 1. The average Bonchev–Trinajstić information content (AvgIpc) is 2.81. The van der Waals surface area contributed by atoms with E-state index < -0.39 is 5.97 Å². The standard InChI is InChI=1S/C13H21N3O3S/c1-3-15-5-7-16(8-6-15)9-10-11(12(17)19-4-2)14-13(18)20-10/h3-9H2,1-2H3,(H,14,18). The zero-order valence-electron chi connectivity index (χ0n) is 12.0. The van der Waals surface area contributed by atoms with Gasteiger partial charge in [0, 0.05) is 32.7 Å². The first-order valence-electron chi connectivity index (χ1n) is 6.97. The van der Waals surface area contributed by atoms with Gasteiger partial charge in [-0.1, -0.05) is 18.3 Å². The van der Waals surface area contributed by atoms with Crippen LogP contribution in [-0.4, -0.2) is 60.1 Å². The number of aromatic nitrogens is 1. The molecule has 2 heterocycles. The first-order valence-corrected chi connectivity index (χ1v) is 7.79. The summed E-state index contributed by atoms with van der Waals surface area (Å²) < 4.78 is 4.98. The van der Waals surface area contributed by atoms with Crippen molar-refractivity contribution in [3.63, 3.8) is 0 Å². The second-order valence-corrected chi connectivity index (χ2v) is 5.81. The van der Waals surface area contributed by atoms with Crippen LogP contribution in [-0.2, 0) is 11.3 Å². The predicted molar refractivity (Wildman–Crippen MR) is 78.3 cm³/mol. The van der Waals surface area contributed by atoms with E-state index in [1.54, 1.807) is 6.92 Å². The highest BCUT2D eigenvalue weighted by Gasteiger charge is 2.21. The van der Waals surface area contributed by atoms with Gasteiger partial charge < -0.3 is 14.6 Å². The number of aromatic amines is 1. The van der Waals surface area contributed by atoms with E-state index in [4.69, 9.17) is 4.74 Å². The third kappa shape index (κ3) is 3.68. The number of hydrogen-bond donors (Lipinski definition) is 1. The molecule has 0 atom stereocenters. The van der Waals surface area contributed by atoms with Crippen molar-refractivity contribution >= 4 is 17.3 Å². The highest BCUT2D eigenvalue weighted by molar-refractivity contribution is 7.09. The van der Waals surface area contributed by atoms with Gasteiger partial charge in [-0.15, -0.1) is 0 Å². The predicted octanol–water partition coefficient (Wildman–Crippen LogP) is 0.751. The van der Waals surface area contributed by atoms with Crippen LogP contribution in [0.15, 0.2) is 4.79 Å². The number of esters is 1. The van der Waals surface area contributed by atoms with Gasteiger partial charge in [0.05, 0.1) is 11.5 Å². The summed E-state index contributed by atoms with van der Waals surface area (Å²) in [6.07, 6.45) is 0. The number of likely N-dealkylation sites (N-methyl/N-ethyl adjacent to an activating group) is 1. The lowest BCUT2D eigenvalue weighted by Crippen LogP contribution is -2.45. The largest absolute Gasteiger partial charge is 0.461 e. The Hall–Kier alpha value is -1.18. The van der Waals surface area contributed by atoms with Gasteiger partial charge >= 0.3 is 10.8 Å². The molecule has 0 aromatic carbocycles. The summed E-state index contributed by atoms with van der Waals surface area (Å²) >= 11 is 1.10. The lowest BCUT2D eigenvalue weighted by atomic mass is 10.3. The Bertz CT molecular complexity index is 503. The van der Waals surface area contributed by atoms with E-state index in [0.717, 1.165) is 48.9 Å². The highest BCUT2D eigenvalue weighted by Crippen LogP contribution is 2.15. The minimum atomic E-state index is -0.437. The van der Waals surface area contributed by atoms with Crippen LogP contribution in [0.25, 0.3) is 0 Å². The fourth-order valence-electron chi connectivity index (χ4n) is 2.31. The molecule has 0 spiro atoms. The van der Waals surface area contributed by atoms with E-state index >= 15 is 0 Å². The fraction of sp³-hybridized carbons (Fsp3) is 0.692. The minimum absolute atomic E-state index is 0.199. The Labute approximate surface area is 122 Å². The van der Waals surface area contributed by atoms with Crippen molar-refractivity contribution in [2.24, 2.45) is 0 Å². The number of nitrogens with zero attached hydrogens (tertiary/aromatic N) is 2. The molecule has 2 rings (SSSR count). The number of hydrogen-bond acceptors (Lipinski definition) is 6. The summed E-state index contributed by atoms with van der Waals surface area (Å²) in [6.45, 7) is 9.91. The van der Waals surface area contributed by atoms with Crippen molar-refractivity contribution in [1.29, 1.82) is 0 Å². The zero-order valence-corrected chi connectivity index (χ0v) is 12.8. The van der Waals surface area contributed by atoms with Gasteiger partial charge in [-0.25, -0.2) is 4.79 Å². The molecule has 1 aromatic rings. The maximum atomic E-state index is 11.8. The molecule has 1 N–H and O–H groups in total. The van der Waals surface area contributed by atoms with Gasteiger partial charge in [0.25, 0.3) is 0 Å². The molecule has 112 valence electrons. The number of carbonyl (C=O) groups is 1. The Morgan fingerprint density at radius 1 is 1.25 bits per heavy atom. The number of thiazole rings is 1. The molecule has 0 bridgehead atoms. The van der Waals surface area contributed by atoms with Crippen molar-refractivity contribution in [2.45, 2.75) is 20.4 Å². The molecular formula is C13H21N3O3S. The molecule has 20 heavy (non-hydrogen) atoms. The van der Waals surface area contributed by atoms with Gasteiger partial charge in [-0.3, -0.25) is 9.69 Å². The van der Waals surface area contributed by atoms with Gasteiger partial charge in [0.2, 0.25) is 0 Å². The van der Waals surface area contributed by atoms with Gasteiger partial charge in [-0.05, 0) is 13.5 Å². The summed E-state index contributed by atoms with van der Waals surface area (Å²) in [5.41, 5.74) is 0.319. The summed E-state index contributed by atoms with van der Waals surface area (Å²) in [4.78, 5) is 31.1. The molecule has 0 unspecified atom stereocenters. The summed E-state index contributed by atoms with van der Waals surface area (Å²) in [5.74, 6) is -0.437. The molecule has 0 amide bonds. The monoisotopic (exact) mass is 299 g/mol. The average molecular weight is 299 g/mol. The van der Waals surface area contributed by atoms with Crippen LogP contribution in [0, 0.1) is 0 Å². The van der Waals surface area contributed by atoms with E-state index in [-0.39, 0.29) is 4.87 Å². The minimum Gasteiger partial charge on any atom is -0.461 e. The smallest absolute Gasteiger partial charge is 0.356 e. The van der Waals surface area contributed by atoms with Crippen LogP contribution in [0.5, 0.6) is 0 Å². The van der Waals surface area contributed by atoms with Crippen LogP contribution < -0.4 is 4.87 Å². The van der Waals surface area contributed by atoms with Crippen molar-refractivity contribution in [3.8, 4) is 0 Å². The Kier molecular flexibility index (Phi) is 5.33. The first kappa shape index (κ1) is 15.2. The third-order valence-corrected chi connectivity index (χ3v) is 4.35. The van der Waals surface area contributed by atoms with Gasteiger partial charge in [0.15, 0.2) is 0 Å². The molecule has 1 saturated heterocycles. The molecule has 0 aliphatic carbocycles. The summed E-state index contributed by atoms with van der Waals surface area (Å²) in [5, 5.41) is 0. The van der Waals surface area contributed by atoms with Gasteiger partial charge in [0.1, 0.15) is 5.69 Å². The van der Waals surface area contributed by atoms with E-state index in [9.17, 15) is 9.59 Å². The molecule has 0 saturated carbocycles. The number of rotatable bonds is 5. The van der Waals surface area contributed by atoms with Crippen LogP contribution in [0.3, 0.4) is 0 Å². The first-order chi connectivity index (χ1) is 9.63. The fourth-order valence-corrected chi connectivity index (χ4v) is 3.17. The molecule has 1 aliphatic rings. The molecule has 1 aromatic heterocycles. The second kappa shape index (κ2) is 7.01. The number of carbonyl (C=O) groups excluding carboxylic acids is 1. The SMILES string of the molecule is CCOC(=O)c1[nH]c(=O)sc1CN1CCN(CC)CC1. The Morgan fingerprint density at radius 2 is 1.90 bits per heavy atom. The van der Waals surface area contributed by atoms with Crippen LogP contribution in [0.2, 0.25) is 0 Å². The van der Waals surface area contributed by atoms with E-state index in [2.05, 4.69) is 21.7 Å². The van der Waals surface area contributed by atoms with E-state index in [1.807, 2.05) is 0 Å². The van der Waals surface area contributed by atoms with E-state index in [1.165, 1.54) is 0 Å². The van der Waals surface area contributed by atoms with Crippen LogP contribution in [0.1, 0.15) is 29.2 Å². The maximum absolute atomic E-state index is 11.8. The Morgan fingerprint density at radius 3 is 2.50 bits per heavy atom. The topological polar surface area (TPSA) is 65.6 Å². The second-order valence-electron chi connectivity index (χ2n) is 4.74. The molecule has 0 radical (unpaired) electrons. The molecular weight excluding hydrogens is 278 g/mol. The van der Waals surface area contributed by atoms with Crippen LogP contribution in [0.4, 0.5) is 0 Å².